The van der Waals surface area contributed by atoms with E-state index in [1.807, 2.05) is 50.2 Å². The lowest BCUT2D eigenvalue weighted by atomic mass is 10.1. The molecule has 2 rings (SSSR count). The smallest absolute Gasteiger partial charge is 0.324 e. The Balaban J connectivity index is 2.05. The highest BCUT2D eigenvalue weighted by molar-refractivity contribution is 5.99. The number of anilines is 2. The molecule has 0 aliphatic heterocycles. The summed E-state index contributed by atoms with van der Waals surface area (Å²) in [6.45, 7) is 3.79. The molecular weight excluding hydrogens is 252 g/mol. The van der Waals surface area contributed by atoms with Gasteiger partial charge in [-0.05, 0) is 43.2 Å². The summed E-state index contributed by atoms with van der Waals surface area (Å²) < 4.78 is 0. The number of nitrogens with two attached hydrogens (primary N) is 1. The topological polar surface area (TPSA) is 80.0 Å². The minimum atomic E-state index is -0.325. The fourth-order valence-corrected chi connectivity index (χ4v) is 1.79. The summed E-state index contributed by atoms with van der Waals surface area (Å²) in [5, 5.41) is 5.48. The maximum atomic E-state index is 11.9. The highest BCUT2D eigenvalue weighted by atomic mass is 16.2. The van der Waals surface area contributed by atoms with Crippen LogP contribution >= 0.6 is 0 Å². The summed E-state index contributed by atoms with van der Waals surface area (Å²) in [5.41, 5.74) is 8.40. The summed E-state index contributed by atoms with van der Waals surface area (Å²) in [6.07, 6.45) is 1.64. The third-order valence-electron chi connectivity index (χ3n) is 2.91. The molecule has 1 unspecified atom stereocenters. The number of hydrogen-bond acceptors (Lipinski definition) is 3. The van der Waals surface area contributed by atoms with Crippen LogP contribution in [0.4, 0.5) is 16.3 Å². The highest BCUT2D eigenvalue weighted by Crippen LogP contribution is 2.16. The van der Waals surface area contributed by atoms with Gasteiger partial charge in [-0.25, -0.2) is 9.78 Å². The Bertz CT molecular complexity index is 610. The Morgan fingerprint density at radius 2 is 2.05 bits per heavy atom. The van der Waals surface area contributed by atoms with E-state index < -0.39 is 0 Å². The van der Waals surface area contributed by atoms with E-state index >= 15 is 0 Å². The monoisotopic (exact) mass is 270 g/mol. The molecule has 2 aromatic rings. The van der Waals surface area contributed by atoms with Crippen molar-refractivity contribution in [1.82, 2.24) is 4.98 Å². The fraction of sp³-hybridized carbons (Fsp3) is 0.200. The third kappa shape index (κ3) is 3.55. The van der Waals surface area contributed by atoms with Crippen LogP contribution in [0.15, 0.2) is 42.6 Å². The molecule has 0 radical (unpaired) electrons. The molecule has 0 fully saturated rings. The normalized spacial score (nSPS) is 11.8. The van der Waals surface area contributed by atoms with Gasteiger partial charge in [-0.1, -0.05) is 18.2 Å². The lowest BCUT2D eigenvalue weighted by Gasteiger charge is -2.11. The molecule has 1 atom stereocenters. The number of nitrogens with one attached hydrogen (secondary N) is 2. The van der Waals surface area contributed by atoms with Crippen LogP contribution < -0.4 is 16.4 Å². The van der Waals surface area contributed by atoms with Crippen molar-refractivity contribution >= 4 is 17.5 Å². The first kappa shape index (κ1) is 14.0. The van der Waals surface area contributed by atoms with E-state index in [9.17, 15) is 4.79 Å². The van der Waals surface area contributed by atoms with Crippen LogP contribution in [-0.4, -0.2) is 11.0 Å². The van der Waals surface area contributed by atoms with Gasteiger partial charge in [0.1, 0.15) is 5.82 Å². The lowest BCUT2D eigenvalue weighted by molar-refractivity contribution is 0.262. The Hall–Kier alpha value is -2.40. The number of urea groups is 1. The van der Waals surface area contributed by atoms with Crippen molar-refractivity contribution < 1.29 is 4.79 Å². The number of aromatic nitrogens is 1. The van der Waals surface area contributed by atoms with Gasteiger partial charge in [-0.3, -0.25) is 5.32 Å². The summed E-state index contributed by atoms with van der Waals surface area (Å²) in [7, 11) is 0. The van der Waals surface area contributed by atoms with Gasteiger partial charge in [-0.2, -0.15) is 0 Å². The van der Waals surface area contributed by atoms with E-state index in [4.69, 9.17) is 5.73 Å². The van der Waals surface area contributed by atoms with Gasteiger partial charge in [0.15, 0.2) is 0 Å². The van der Waals surface area contributed by atoms with Crippen molar-refractivity contribution in [3.8, 4) is 0 Å². The number of hydrogen-bond donors (Lipinski definition) is 3. The molecule has 0 aliphatic carbocycles. The number of amides is 2. The Kier molecular flexibility index (Phi) is 4.32. The number of rotatable bonds is 3. The van der Waals surface area contributed by atoms with Gasteiger partial charge in [0.05, 0.1) is 0 Å². The molecule has 5 nitrogen and oxygen atoms in total. The number of carbonyl (C=O) groups excluding carboxylic acids is 1. The second kappa shape index (κ2) is 6.16. The van der Waals surface area contributed by atoms with Crippen LogP contribution in [-0.2, 0) is 0 Å². The van der Waals surface area contributed by atoms with Crippen molar-refractivity contribution in [2.24, 2.45) is 5.73 Å². The molecule has 4 N–H and O–H groups in total. The second-order valence-corrected chi connectivity index (χ2v) is 4.66. The van der Waals surface area contributed by atoms with Gasteiger partial charge in [0.2, 0.25) is 0 Å². The van der Waals surface area contributed by atoms with Crippen LogP contribution in [0.1, 0.15) is 24.1 Å². The van der Waals surface area contributed by atoms with Gasteiger partial charge in [0, 0.05) is 17.9 Å². The minimum Gasteiger partial charge on any atom is -0.324 e. The average Bonchev–Trinajstić information content (AvgIpc) is 2.41. The van der Waals surface area contributed by atoms with Crippen LogP contribution in [0, 0.1) is 6.92 Å². The maximum absolute atomic E-state index is 11.9. The predicted octanol–water partition coefficient (Wildman–Crippen LogP) is 3.05. The molecule has 0 saturated carbocycles. The van der Waals surface area contributed by atoms with Crippen molar-refractivity contribution in [3.05, 3.63) is 53.7 Å². The minimum absolute atomic E-state index is 0.0714. The molecule has 1 aromatic heterocycles. The first-order chi connectivity index (χ1) is 9.56. The first-order valence-electron chi connectivity index (χ1n) is 6.41. The molecule has 1 heterocycles. The molecule has 5 heteroatoms. The Morgan fingerprint density at radius 3 is 2.75 bits per heavy atom. The van der Waals surface area contributed by atoms with Crippen molar-refractivity contribution in [3.63, 3.8) is 0 Å². The number of carbonyl (C=O) groups is 1. The molecule has 0 bridgehead atoms. The van der Waals surface area contributed by atoms with E-state index in [2.05, 4.69) is 15.6 Å². The Morgan fingerprint density at radius 1 is 1.25 bits per heavy atom. The first-order valence-corrected chi connectivity index (χ1v) is 6.41. The van der Waals surface area contributed by atoms with Gasteiger partial charge in [-0.15, -0.1) is 0 Å². The molecule has 0 spiro atoms. The fourth-order valence-electron chi connectivity index (χ4n) is 1.79. The molecule has 20 heavy (non-hydrogen) atoms. The quantitative estimate of drug-likeness (QED) is 0.802. The van der Waals surface area contributed by atoms with Gasteiger partial charge >= 0.3 is 6.03 Å². The molecule has 2 amide bonds. The summed E-state index contributed by atoms with van der Waals surface area (Å²) in [6, 6.07) is 10.8. The van der Waals surface area contributed by atoms with E-state index in [1.165, 1.54) is 0 Å². The lowest BCUT2D eigenvalue weighted by Crippen LogP contribution is -2.20. The zero-order valence-electron chi connectivity index (χ0n) is 11.6. The van der Waals surface area contributed by atoms with E-state index in [-0.39, 0.29) is 12.1 Å². The molecule has 0 aliphatic rings. The van der Waals surface area contributed by atoms with E-state index in [0.29, 0.717) is 11.5 Å². The van der Waals surface area contributed by atoms with Crippen molar-refractivity contribution in [2.45, 2.75) is 19.9 Å². The largest absolute Gasteiger partial charge is 0.324 e. The molecule has 0 saturated heterocycles. The summed E-state index contributed by atoms with van der Waals surface area (Å²) >= 11 is 0. The van der Waals surface area contributed by atoms with Gasteiger partial charge in [0.25, 0.3) is 0 Å². The third-order valence-corrected chi connectivity index (χ3v) is 2.91. The zero-order chi connectivity index (χ0) is 14.5. The van der Waals surface area contributed by atoms with Crippen molar-refractivity contribution in [2.75, 3.05) is 10.6 Å². The number of nitrogens with zero attached hydrogens (tertiary/aromatic N) is 1. The SMILES string of the molecule is Cc1cccnc1NC(=O)Nc1cccc(C(C)N)c1. The number of pyridine rings is 1. The van der Waals surface area contributed by atoms with Crippen LogP contribution in [0.5, 0.6) is 0 Å². The number of aryl methyl sites for hydroxylation is 1. The summed E-state index contributed by atoms with van der Waals surface area (Å²) in [4.78, 5) is 16.0. The van der Waals surface area contributed by atoms with Crippen LogP contribution in [0.25, 0.3) is 0 Å². The van der Waals surface area contributed by atoms with Crippen LogP contribution in [0.3, 0.4) is 0 Å². The van der Waals surface area contributed by atoms with Crippen LogP contribution in [0.2, 0.25) is 0 Å². The van der Waals surface area contributed by atoms with Gasteiger partial charge < -0.3 is 11.1 Å². The maximum Gasteiger partial charge on any atom is 0.324 e. The zero-order valence-corrected chi connectivity index (χ0v) is 11.6. The highest BCUT2D eigenvalue weighted by Gasteiger charge is 2.06. The molecule has 104 valence electrons. The second-order valence-electron chi connectivity index (χ2n) is 4.66. The van der Waals surface area contributed by atoms with E-state index in [1.54, 1.807) is 6.20 Å². The number of benzene rings is 1. The Labute approximate surface area is 118 Å². The molecule has 1 aromatic carbocycles. The van der Waals surface area contributed by atoms with E-state index in [0.717, 1.165) is 11.1 Å². The predicted molar refractivity (Wildman–Crippen MR) is 80.7 cm³/mol. The molecular formula is C15H18N4O. The standard InChI is InChI=1S/C15H18N4O/c1-10-5-4-8-17-14(10)19-15(20)18-13-7-3-6-12(9-13)11(2)16/h3-9,11H,16H2,1-2H3,(H2,17,18,19,20). The average molecular weight is 270 g/mol. The van der Waals surface area contributed by atoms with Crippen molar-refractivity contribution in [1.29, 1.82) is 0 Å². The summed E-state index contributed by atoms with van der Waals surface area (Å²) in [5.74, 6) is 0.549.